The van der Waals surface area contributed by atoms with E-state index in [1.54, 1.807) is 7.11 Å². The van der Waals surface area contributed by atoms with Gasteiger partial charge < -0.3 is 20.3 Å². The topological polar surface area (TPSA) is 66.0 Å². The van der Waals surface area contributed by atoms with Crippen molar-refractivity contribution in [3.8, 4) is 0 Å². The predicted octanol–water partition coefficient (Wildman–Crippen LogP) is 2.62. The molecule has 1 aliphatic carbocycles. The molecule has 1 saturated carbocycles. The minimum Gasteiger partial charge on any atom is -0.378 e. The predicted molar refractivity (Wildman–Crippen MR) is 117 cm³/mol. The lowest BCUT2D eigenvalue weighted by atomic mass is 9.56. The zero-order valence-electron chi connectivity index (χ0n) is 17.4. The fourth-order valence-corrected chi connectivity index (χ4v) is 3.86. The maximum Gasteiger partial charge on any atom is 0.225 e. The van der Waals surface area contributed by atoms with Gasteiger partial charge in [-0.1, -0.05) is 27.7 Å². The number of nitrogens with one attached hydrogen (secondary N) is 2. The molecule has 1 aliphatic heterocycles. The number of rotatable bonds is 4. The van der Waals surface area contributed by atoms with E-state index in [0.29, 0.717) is 12.1 Å². The van der Waals surface area contributed by atoms with Gasteiger partial charge in [-0.3, -0.25) is 9.79 Å². The van der Waals surface area contributed by atoms with Crippen LogP contribution in [-0.2, 0) is 9.53 Å². The summed E-state index contributed by atoms with van der Waals surface area (Å²) in [5, 5.41) is 7.10. The summed E-state index contributed by atoms with van der Waals surface area (Å²) in [5.41, 5.74) is -0.0432. The standard InChI is InChI=1S/C19H36N4O2.HI/c1-13(2)16(24)23-10-8-14(9-11-23)21-17(20-6)22-15-12-19(5,25-7)18(15,3)4;/h13-15H,8-12H2,1-7H3,(H2,20,21,22);1H. The van der Waals surface area contributed by atoms with Crippen molar-refractivity contribution in [1.29, 1.82) is 0 Å². The fourth-order valence-electron chi connectivity index (χ4n) is 3.86. The monoisotopic (exact) mass is 480 g/mol. The van der Waals surface area contributed by atoms with Gasteiger partial charge in [0.1, 0.15) is 0 Å². The molecule has 1 saturated heterocycles. The number of hydrogen-bond acceptors (Lipinski definition) is 3. The number of likely N-dealkylation sites (tertiary alicyclic amines) is 1. The van der Waals surface area contributed by atoms with E-state index in [9.17, 15) is 4.79 Å². The Labute approximate surface area is 175 Å². The first-order chi connectivity index (χ1) is 11.6. The van der Waals surface area contributed by atoms with Crippen LogP contribution in [0.25, 0.3) is 0 Å². The van der Waals surface area contributed by atoms with E-state index in [-0.39, 0.29) is 46.8 Å². The lowest BCUT2D eigenvalue weighted by Crippen LogP contribution is -2.69. The third kappa shape index (κ3) is 4.64. The van der Waals surface area contributed by atoms with Crippen LogP contribution in [0.5, 0.6) is 0 Å². The number of halogens is 1. The maximum absolute atomic E-state index is 12.1. The quantitative estimate of drug-likeness (QED) is 0.369. The van der Waals surface area contributed by atoms with E-state index in [1.165, 1.54) is 0 Å². The molecular weight excluding hydrogens is 443 g/mol. The van der Waals surface area contributed by atoms with Crippen molar-refractivity contribution in [2.45, 2.75) is 71.6 Å². The molecule has 0 aromatic carbocycles. The molecule has 1 amide bonds. The number of hydrogen-bond donors (Lipinski definition) is 2. The molecule has 0 aromatic heterocycles. The normalized spacial score (nSPS) is 29.0. The van der Waals surface area contributed by atoms with Crippen molar-refractivity contribution in [2.75, 3.05) is 27.2 Å². The number of aliphatic imine (C=N–C) groups is 1. The summed E-state index contributed by atoms with van der Waals surface area (Å²) in [6, 6.07) is 0.700. The number of methoxy groups -OCH3 is 1. The molecule has 7 heteroatoms. The van der Waals surface area contributed by atoms with Crippen LogP contribution in [0.4, 0.5) is 0 Å². The van der Waals surface area contributed by atoms with Gasteiger partial charge in [0, 0.05) is 50.7 Å². The van der Waals surface area contributed by atoms with Gasteiger partial charge in [-0.15, -0.1) is 24.0 Å². The van der Waals surface area contributed by atoms with E-state index in [4.69, 9.17) is 4.74 Å². The van der Waals surface area contributed by atoms with Crippen molar-refractivity contribution in [1.82, 2.24) is 15.5 Å². The molecule has 0 spiro atoms. The second-order valence-electron chi connectivity index (χ2n) is 8.53. The van der Waals surface area contributed by atoms with E-state index in [0.717, 1.165) is 38.3 Å². The van der Waals surface area contributed by atoms with E-state index in [1.807, 2.05) is 25.8 Å². The molecule has 2 N–H and O–H groups in total. The van der Waals surface area contributed by atoms with E-state index >= 15 is 0 Å². The van der Waals surface area contributed by atoms with Crippen LogP contribution >= 0.6 is 24.0 Å². The maximum atomic E-state index is 12.1. The van der Waals surface area contributed by atoms with Crippen molar-refractivity contribution in [3.05, 3.63) is 0 Å². The van der Waals surface area contributed by atoms with Crippen molar-refractivity contribution in [3.63, 3.8) is 0 Å². The highest BCUT2D eigenvalue weighted by molar-refractivity contribution is 14.0. The molecular formula is C19H37IN4O2. The van der Waals surface area contributed by atoms with Gasteiger partial charge in [0.05, 0.1) is 5.60 Å². The third-order valence-corrected chi connectivity index (χ3v) is 6.45. The Morgan fingerprint density at radius 3 is 2.19 bits per heavy atom. The Bertz CT molecular complexity index is 516. The largest absolute Gasteiger partial charge is 0.378 e. The molecule has 0 aromatic rings. The lowest BCUT2D eigenvalue weighted by molar-refractivity contribution is -0.176. The highest BCUT2D eigenvalue weighted by Crippen LogP contribution is 2.51. The van der Waals surface area contributed by atoms with E-state index < -0.39 is 0 Å². The van der Waals surface area contributed by atoms with Crippen LogP contribution in [0, 0.1) is 11.3 Å². The molecule has 2 rings (SSSR count). The smallest absolute Gasteiger partial charge is 0.225 e. The van der Waals surface area contributed by atoms with Gasteiger partial charge in [-0.2, -0.15) is 0 Å². The minimum absolute atomic E-state index is 0. The number of ether oxygens (including phenoxy) is 1. The molecule has 6 nitrogen and oxygen atoms in total. The lowest BCUT2D eigenvalue weighted by Gasteiger charge is -2.59. The average molecular weight is 480 g/mol. The average Bonchev–Trinajstić information content (AvgIpc) is 2.59. The van der Waals surface area contributed by atoms with Gasteiger partial charge in [-0.05, 0) is 26.2 Å². The fraction of sp³-hybridized carbons (Fsp3) is 0.895. The zero-order valence-corrected chi connectivity index (χ0v) is 19.7. The number of guanidine groups is 1. The van der Waals surface area contributed by atoms with Crippen LogP contribution in [0.2, 0.25) is 0 Å². The third-order valence-electron chi connectivity index (χ3n) is 6.45. The molecule has 2 atom stereocenters. The SMILES string of the molecule is CN=C(NC1CCN(C(=O)C(C)C)CC1)NC1CC(C)(OC)C1(C)C.I. The number of carbonyl (C=O) groups excluding carboxylic acids is 1. The van der Waals surface area contributed by atoms with Gasteiger partial charge in [0.15, 0.2) is 5.96 Å². The molecule has 26 heavy (non-hydrogen) atoms. The highest BCUT2D eigenvalue weighted by atomic mass is 127. The highest BCUT2D eigenvalue weighted by Gasteiger charge is 2.58. The van der Waals surface area contributed by atoms with Crippen molar-refractivity contribution in [2.24, 2.45) is 16.3 Å². The van der Waals surface area contributed by atoms with Crippen LogP contribution < -0.4 is 10.6 Å². The number of carbonyl (C=O) groups is 1. The van der Waals surface area contributed by atoms with Crippen LogP contribution in [0.3, 0.4) is 0 Å². The van der Waals surface area contributed by atoms with Crippen LogP contribution in [0.15, 0.2) is 4.99 Å². The summed E-state index contributed by atoms with van der Waals surface area (Å²) in [6.45, 7) is 12.2. The summed E-state index contributed by atoms with van der Waals surface area (Å²) in [7, 11) is 3.60. The van der Waals surface area contributed by atoms with Crippen molar-refractivity contribution >= 4 is 35.8 Å². The molecule has 2 fully saturated rings. The molecule has 0 bridgehead atoms. The minimum atomic E-state index is -0.0912. The summed E-state index contributed by atoms with van der Waals surface area (Å²) >= 11 is 0. The second kappa shape index (κ2) is 9.08. The van der Waals surface area contributed by atoms with Crippen LogP contribution in [0.1, 0.15) is 53.9 Å². The van der Waals surface area contributed by atoms with Crippen molar-refractivity contribution < 1.29 is 9.53 Å². The molecule has 152 valence electrons. The first kappa shape index (κ1) is 23.5. The van der Waals surface area contributed by atoms with Crippen LogP contribution in [-0.4, -0.2) is 61.7 Å². The zero-order chi connectivity index (χ0) is 18.8. The molecule has 2 aliphatic rings. The Morgan fingerprint density at radius 2 is 1.77 bits per heavy atom. The van der Waals surface area contributed by atoms with Gasteiger partial charge in [0.2, 0.25) is 5.91 Å². The first-order valence-electron chi connectivity index (χ1n) is 9.48. The molecule has 2 unspecified atom stereocenters. The summed E-state index contributed by atoms with van der Waals surface area (Å²) in [5.74, 6) is 1.19. The Hall–Kier alpha value is -0.570. The van der Waals surface area contributed by atoms with Gasteiger partial charge in [0.25, 0.3) is 0 Å². The first-order valence-corrected chi connectivity index (χ1v) is 9.48. The Morgan fingerprint density at radius 1 is 1.19 bits per heavy atom. The van der Waals surface area contributed by atoms with E-state index in [2.05, 4.69) is 36.4 Å². The summed E-state index contributed by atoms with van der Waals surface area (Å²) < 4.78 is 5.70. The number of nitrogens with zero attached hydrogens (tertiary/aromatic N) is 2. The number of amides is 1. The Balaban J connectivity index is 0.00000338. The molecule has 1 heterocycles. The van der Waals surface area contributed by atoms with Gasteiger partial charge in [-0.25, -0.2) is 0 Å². The Kier molecular flexibility index (Phi) is 8.20. The molecule has 0 radical (unpaired) electrons. The van der Waals surface area contributed by atoms with Gasteiger partial charge >= 0.3 is 0 Å². The summed E-state index contributed by atoms with van der Waals surface area (Å²) in [6.07, 6.45) is 2.89. The number of piperidine rings is 1. The summed E-state index contributed by atoms with van der Waals surface area (Å²) in [4.78, 5) is 18.5. The second-order valence-corrected chi connectivity index (χ2v) is 8.53.